The van der Waals surface area contributed by atoms with Crippen molar-refractivity contribution >= 4 is 33.0 Å². The summed E-state index contributed by atoms with van der Waals surface area (Å²) in [6.07, 6.45) is 2.85. The molecule has 9 heteroatoms. The maximum absolute atomic E-state index is 14.4. The van der Waals surface area contributed by atoms with Crippen molar-refractivity contribution in [2.75, 3.05) is 34.3 Å². The van der Waals surface area contributed by atoms with Gasteiger partial charge in [-0.25, -0.2) is 17.2 Å². The number of sulfonamides is 1. The molecule has 144 valence electrons. The SMILES string of the molecule is CS(=O)(=O)Nc1cc(C(=O)Nc2c(F)cccc2N2CCCC2)ccc1F. The van der Waals surface area contributed by atoms with Crippen LogP contribution in [0.25, 0.3) is 0 Å². The molecule has 0 radical (unpaired) electrons. The van der Waals surface area contributed by atoms with E-state index in [2.05, 4.69) is 5.32 Å². The minimum Gasteiger partial charge on any atom is -0.370 e. The van der Waals surface area contributed by atoms with Gasteiger partial charge in [-0.2, -0.15) is 0 Å². The topological polar surface area (TPSA) is 78.5 Å². The summed E-state index contributed by atoms with van der Waals surface area (Å²) in [6.45, 7) is 1.54. The summed E-state index contributed by atoms with van der Waals surface area (Å²) in [5, 5.41) is 2.53. The van der Waals surface area contributed by atoms with E-state index in [-0.39, 0.29) is 16.9 Å². The number of amides is 1. The molecule has 0 atom stereocenters. The van der Waals surface area contributed by atoms with Gasteiger partial charge in [-0.3, -0.25) is 9.52 Å². The molecule has 1 amide bonds. The quantitative estimate of drug-likeness (QED) is 0.815. The Hall–Kier alpha value is -2.68. The van der Waals surface area contributed by atoms with Crippen molar-refractivity contribution in [3.05, 3.63) is 53.6 Å². The molecule has 2 N–H and O–H groups in total. The summed E-state index contributed by atoms with van der Waals surface area (Å²) < 4.78 is 52.8. The third-order valence-corrected chi connectivity index (χ3v) is 4.79. The minimum absolute atomic E-state index is 0.00169. The standard InChI is InChI=1S/C18H19F2N3O3S/c1-27(25,26)22-15-11-12(7-8-13(15)19)18(24)21-17-14(20)5-4-6-16(17)23-9-2-3-10-23/h4-8,11,22H,2-3,9-10H2,1H3,(H,21,24). The van der Waals surface area contributed by atoms with E-state index < -0.39 is 27.6 Å². The van der Waals surface area contributed by atoms with Gasteiger partial charge in [0.25, 0.3) is 5.91 Å². The number of benzene rings is 2. The summed E-state index contributed by atoms with van der Waals surface area (Å²) >= 11 is 0. The normalized spacial score (nSPS) is 14.3. The van der Waals surface area contributed by atoms with Crippen LogP contribution in [0, 0.1) is 11.6 Å². The fourth-order valence-corrected chi connectivity index (χ4v) is 3.54. The Labute approximate surface area is 156 Å². The molecule has 1 saturated heterocycles. The first-order valence-corrected chi connectivity index (χ1v) is 10.3. The molecule has 1 fully saturated rings. The van der Waals surface area contributed by atoms with Crippen molar-refractivity contribution in [3.63, 3.8) is 0 Å². The van der Waals surface area contributed by atoms with Crippen LogP contribution >= 0.6 is 0 Å². The summed E-state index contributed by atoms with van der Waals surface area (Å²) in [5.74, 6) is -2.07. The molecule has 2 aromatic rings. The molecule has 6 nitrogen and oxygen atoms in total. The molecule has 27 heavy (non-hydrogen) atoms. The first kappa shape index (κ1) is 19.1. The van der Waals surface area contributed by atoms with Crippen LogP contribution < -0.4 is 14.9 Å². The lowest BCUT2D eigenvalue weighted by molar-refractivity contribution is 0.102. The Morgan fingerprint density at radius 1 is 1.07 bits per heavy atom. The lowest BCUT2D eigenvalue weighted by atomic mass is 10.1. The Balaban J connectivity index is 1.89. The highest BCUT2D eigenvalue weighted by Crippen LogP contribution is 2.31. The molecule has 1 aliphatic rings. The summed E-state index contributed by atoms with van der Waals surface area (Å²) in [4.78, 5) is 14.6. The third kappa shape index (κ3) is 4.54. The van der Waals surface area contributed by atoms with E-state index in [0.717, 1.165) is 44.3 Å². The molecule has 3 rings (SSSR count). The predicted octanol–water partition coefficient (Wildman–Crippen LogP) is 3.19. The maximum Gasteiger partial charge on any atom is 0.255 e. The van der Waals surface area contributed by atoms with Gasteiger partial charge in [-0.05, 0) is 43.2 Å². The highest BCUT2D eigenvalue weighted by atomic mass is 32.2. The zero-order valence-electron chi connectivity index (χ0n) is 14.6. The van der Waals surface area contributed by atoms with Gasteiger partial charge in [0.05, 0.1) is 17.6 Å². The van der Waals surface area contributed by atoms with Gasteiger partial charge >= 0.3 is 0 Å². The lowest BCUT2D eigenvalue weighted by Gasteiger charge is -2.22. The molecule has 1 heterocycles. The summed E-state index contributed by atoms with van der Waals surface area (Å²) in [5.41, 5.74) is 0.278. The second kappa shape index (κ2) is 7.51. The maximum atomic E-state index is 14.4. The van der Waals surface area contributed by atoms with E-state index in [4.69, 9.17) is 0 Å². The number of anilines is 3. The number of carbonyl (C=O) groups excluding carboxylic acids is 1. The highest BCUT2D eigenvalue weighted by Gasteiger charge is 2.21. The second-order valence-electron chi connectivity index (χ2n) is 6.35. The van der Waals surface area contributed by atoms with Crippen molar-refractivity contribution in [3.8, 4) is 0 Å². The smallest absolute Gasteiger partial charge is 0.255 e. The van der Waals surface area contributed by atoms with E-state index in [1.54, 1.807) is 12.1 Å². The first-order chi connectivity index (χ1) is 12.7. The molecule has 1 aliphatic heterocycles. The van der Waals surface area contributed by atoms with Crippen molar-refractivity contribution in [2.45, 2.75) is 12.8 Å². The molecule has 0 saturated carbocycles. The molecular formula is C18H19F2N3O3S. The Morgan fingerprint density at radius 3 is 2.44 bits per heavy atom. The number of hydrogen-bond donors (Lipinski definition) is 2. The van der Waals surface area contributed by atoms with Crippen LogP contribution in [0.1, 0.15) is 23.2 Å². The van der Waals surface area contributed by atoms with Crippen LogP contribution in [0.15, 0.2) is 36.4 Å². The summed E-state index contributed by atoms with van der Waals surface area (Å²) in [7, 11) is -3.71. The first-order valence-electron chi connectivity index (χ1n) is 8.37. The van der Waals surface area contributed by atoms with Crippen LogP contribution in [0.2, 0.25) is 0 Å². The van der Waals surface area contributed by atoms with E-state index in [1.165, 1.54) is 12.1 Å². The highest BCUT2D eigenvalue weighted by molar-refractivity contribution is 7.92. The van der Waals surface area contributed by atoms with Crippen molar-refractivity contribution < 1.29 is 22.0 Å². The molecular weight excluding hydrogens is 376 g/mol. The van der Waals surface area contributed by atoms with Gasteiger partial charge in [0, 0.05) is 18.7 Å². The zero-order valence-corrected chi connectivity index (χ0v) is 15.4. The van der Waals surface area contributed by atoms with Crippen LogP contribution in [0.4, 0.5) is 25.8 Å². The molecule has 0 bridgehead atoms. The van der Waals surface area contributed by atoms with Crippen molar-refractivity contribution in [1.29, 1.82) is 0 Å². The molecule has 0 aliphatic carbocycles. The van der Waals surface area contributed by atoms with Gasteiger partial charge in [-0.1, -0.05) is 6.07 Å². The van der Waals surface area contributed by atoms with Crippen LogP contribution in [-0.4, -0.2) is 33.7 Å². The average Bonchev–Trinajstić information content (AvgIpc) is 3.11. The number of carbonyl (C=O) groups is 1. The van der Waals surface area contributed by atoms with Gasteiger partial charge in [-0.15, -0.1) is 0 Å². The largest absolute Gasteiger partial charge is 0.370 e. The van der Waals surface area contributed by atoms with E-state index in [0.29, 0.717) is 5.69 Å². The van der Waals surface area contributed by atoms with E-state index in [9.17, 15) is 22.0 Å². The molecule has 0 unspecified atom stereocenters. The van der Waals surface area contributed by atoms with Crippen LogP contribution in [-0.2, 0) is 10.0 Å². The summed E-state index contributed by atoms with van der Waals surface area (Å²) in [6, 6.07) is 7.80. The number of halogens is 2. The van der Waals surface area contributed by atoms with Gasteiger partial charge in [0.15, 0.2) is 0 Å². The Morgan fingerprint density at radius 2 is 1.78 bits per heavy atom. The van der Waals surface area contributed by atoms with Crippen LogP contribution in [0.5, 0.6) is 0 Å². The Bertz CT molecular complexity index is 974. The van der Waals surface area contributed by atoms with Gasteiger partial charge < -0.3 is 10.2 Å². The van der Waals surface area contributed by atoms with Crippen molar-refractivity contribution in [2.24, 2.45) is 0 Å². The van der Waals surface area contributed by atoms with E-state index >= 15 is 0 Å². The van der Waals surface area contributed by atoms with Gasteiger partial charge in [0.1, 0.15) is 17.3 Å². The lowest BCUT2D eigenvalue weighted by Crippen LogP contribution is -2.22. The zero-order chi connectivity index (χ0) is 19.6. The Kier molecular flexibility index (Phi) is 5.31. The number of para-hydroxylation sites is 1. The predicted molar refractivity (Wildman–Crippen MR) is 101 cm³/mol. The van der Waals surface area contributed by atoms with E-state index in [1.807, 2.05) is 9.62 Å². The third-order valence-electron chi connectivity index (χ3n) is 4.20. The monoisotopic (exact) mass is 395 g/mol. The molecule has 0 spiro atoms. The van der Waals surface area contributed by atoms with Crippen LogP contribution in [0.3, 0.4) is 0 Å². The van der Waals surface area contributed by atoms with Crippen molar-refractivity contribution in [1.82, 2.24) is 0 Å². The number of rotatable bonds is 5. The van der Waals surface area contributed by atoms with Gasteiger partial charge in [0.2, 0.25) is 10.0 Å². The number of hydrogen-bond acceptors (Lipinski definition) is 4. The number of nitrogens with one attached hydrogen (secondary N) is 2. The average molecular weight is 395 g/mol. The minimum atomic E-state index is -3.71. The second-order valence-corrected chi connectivity index (χ2v) is 8.10. The number of nitrogens with zero attached hydrogens (tertiary/aromatic N) is 1. The molecule has 2 aromatic carbocycles. The molecule has 0 aromatic heterocycles. The fraction of sp³-hybridized carbons (Fsp3) is 0.278. The fourth-order valence-electron chi connectivity index (χ4n) is 2.99.